The summed E-state index contributed by atoms with van der Waals surface area (Å²) in [5.41, 5.74) is 3.50. The van der Waals surface area contributed by atoms with Gasteiger partial charge in [0.25, 0.3) is 0 Å². The van der Waals surface area contributed by atoms with Gasteiger partial charge in [-0.25, -0.2) is 8.78 Å². The van der Waals surface area contributed by atoms with E-state index in [1.165, 1.54) is 43.9 Å². The second-order valence-electron chi connectivity index (χ2n) is 9.31. The van der Waals surface area contributed by atoms with Crippen molar-refractivity contribution >= 4 is 0 Å². The first-order chi connectivity index (χ1) is 14.5. The molecule has 2 aliphatic rings. The van der Waals surface area contributed by atoms with E-state index in [0.717, 1.165) is 48.2 Å². The fourth-order valence-electron chi connectivity index (χ4n) is 4.85. The van der Waals surface area contributed by atoms with Crippen LogP contribution in [0.2, 0.25) is 0 Å². The number of benzene rings is 2. The molecule has 4 heteroatoms. The minimum Gasteiger partial charge on any atom is -0.376 e. The Morgan fingerprint density at radius 3 is 1.83 bits per heavy atom. The van der Waals surface area contributed by atoms with Crippen molar-refractivity contribution in [2.24, 2.45) is 11.8 Å². The lowest BCUT2D eigenvalue weighted by Crippen LogP contribution is -2.35. The lowest BCUT2D eigenvalue weighted by Gasteiger charge is -2.34. The van der Waals surface area contributed by atoms with Gasteiger partial charge in [-0.15, -0.1) is 0 Å². The van der Waals surface area contributed by atoms with Crippen LogP contribution in [0.3, 0.4) is 0 Å². The van der Waals surface area contributed by atoms with Crippen molar-refractivity contribution in [3.63, 3.8) is 0 Å². The number of hydrogen-bond donors (Lipinski definition) is 0. The van der Waals surface area contributed by atoms with E-state index in [9.17, 15) is 8.78 Å². The molecule has 2 fully saturated rings. The molecule has 0 amide bonds. The van der Waals surface area contributed by atoms with Crippen molar-refractivity contribution in [1.29, 1.82) is 0 Å². The highest BCUT2D eigenvalue weighted by Crippen LogP contribution is 2.41. The zero-order valence-corrected chi connectivity index (χ0v) is 18.3. The van der Waals surface area contributed by atoms with Crippen molar-refractivity contribution in [3.8, 4) is 0 Å². The summed E-state index contributed by atoms with van der Waals surface area (Å²) in [6.45, 7) is 7.09. The molecular formula is C26H33F2NO. The van der Waals surface area contributed by atoms with Crippen molar-refractivity contribution < 1.29 is 13.5 Å². The first-order valence-electron chi connectivity index (χ1n) is 11.2. The molecule has 0 aromatic heterocycles. The molecule has 2 aliphatic carbocycles. The average molecular weight is 414 g/mol. The van der Waals surface area contributed by atoms with Crippen molar-refractivity contribution in [2.75, 3.05) is 26.7 Å². The zero-order chi connectivity index (χ0) is 21.3. The molecule has 2 saturated carbocycles. The fourth-order valence-corrected chi connectivity index (χ4v) is 4.85. The minimum absolute atomic E-state index is 0.0467. The van der Waals surface area contributed by atoms with Crippen LogP contribution in [0.15, 0.2) is 36.4 Å². The topological polar surface area (TPSA) is 12.5 Å². The van der Waals surface area contributed by atoms with E-state index in [1.54, 1.807) is 7.11 Å². The van der Waals surface area contributed by atoms with E-state index < -0.39 is 17.7 Å². The summed E-state index contributed by atoms with van der Waals surface area (Å²) in [6, 6.07) is 10.3. The zero-order valence-electron chi connectivity index (χ0n) is 18.3. The Morgan fingerprint density at radius 1 is 0.867 bits per heavy atom. The average Bonchev–Trinajstić information content (AvgIpc) is 3.61. The lowest BCUT2D eigenvalue weighted by molar-refractivity contribution is 0.0561. The Morgan fingerprint density at radius 2 is 1.37 bits per heavy atom. The number of nitrogens with zero attached hydrogens (tertiary/aromatic N) is 1. The second kappa shape index (κ2) is 9.15. The van der Waals surface area contributed by atoms with E-state index >= 15 is 0 Å². The summed E-state index contributed by atoms with van der Waals surface area (Å²) in [5, 5.41) is 0. The van der Waals surface area contributed by atoms with Gasteiger partial charge in [0.1, 0.15) is 11.6 Å². The van der Waals surface area contributed by atoms with Crippen LogP contribution in [0, 0.1) is 37.3 Å². The van der Waals surface area contributed by atoms with E-state index in [4.69, 9.17) is 4.74 Å². The Kier molecular flexibility index (Phi) is 6.54. The largest absolute Gasteiger partial charge is 0.376 e. The molecule has 162 valence electrons. The fraction of sp³-hybridized carbons (Fsp3) is 0.538. The van der Waals surface area contributed by atoms with Crippen molar-refractivity contribution in [3.05, 3.63) is 70.3 Å². The molecule has 0 N–H and O–H groups in total. The van der Waals surface area contributed by atoms with Gasteiger partial charge < -0.3 is 9.64 Å². The highest BCUT2D eigenvalue weighted by Gasteiger charge is 2.36. The molecule has 2 aromatic rings. The number of hydrogen-bond acceptors (Lipinski definition) is 2. The van der Waals surface area contributed by atoms with E-state index in [1.807, 2.05) is 6.07 Å². The predicted octanol–water partition coefficient (Wildman–Crippen LogP) is 6.17. The molecule has 0 aliphatic heterocycles. The highest BCUT2D eigenvalue weighted by atomic mass is 19.1. The third-order valence-corrected chi connectivity index (χ3v) is 6.70. The van der Waals surface area contributed by atoms with E-state index in [0.29, 0.717) is 0 Å². The van der Waals surface area contributed by atoms with Crippen LogP contribution >= 0.6 is 0 Å². The predicted molar refractivity (Wildman–Crippen MR) is 117 cm³/mol. The third kappa shape index (κ3) is 4.92. The van der Waals surface area contributed by atoms with Gasteiger partial charge in [0.15, 0.2) is 0 Å². The summed E-state index contributed by atoms with van der Waals surface area (Å²) < 4.78 is 35.5. The van der Waals surface area contributed by atoms with Gasteiger partial charge in [-0.05, 0) is 80.2 Å². The van der Waals surface area contributed by atoms with E-state index in [-0.39, 0.29) is 11.5 Å². The summed E-state index contributed by atoms with van der Waals surface area (Å²) in [6.07, 6.45) is 4.51. The molecule has 2 aromatic carbocycles. The van der Waals surface area contributed by atoms with Crippen LogP contribution in [0.25, 0.3) is 0 Å². The SMILES string of the molecule is COC(c1c(F)cccc1F)C(CN(CC1CC1)CC1CC1)c1c(C)cccc1C. The van der Waals surface area contributed by atoms with Crippen LogP contribution in [0.4, 0.5) is 8.78 Å². The van der Waals surface area contributed by atoms with Crippen molar-refractivity contribution in [1.82, 2.24) is 4.90 Å². The van der Waals surface area contributed by atoms with E-state index in [2.05, 4.69) is 30.9 Å². The number of aryl methyl sites for hydroxylation is 2. The van der Waals surface area contributed by atoms with Gasteiger partial charge in [0, 0.05) is 32.7 Å². The molecule has 0 spiro atoms. The second-order valence-corrected chi connectivity index (χ2v) is 9.31. The molecule has 2 unspecified atom stereocenters. The summed E-state index contributed by atoms with van der Waals surface area (Å²) in [5.74, 6) is 0.338. The molecule has 0 bridgehead atoms. The molecule has 0 saturated heterocycles. The van der Waals surface area contributed by atoms with Crippen LogP contribution < -0.4 is 0 Å². The van der Waals surface area contributed by atoms with Gasteiger partial charge in [0.05, 0.1) is 11.7 Å². The minimum atomic E-state index is -0.674. The lowest BCUT2D eigenvalue weighted by atomic mass is 9.83. The molecular weight excluding hydrogens is 380 g/mol. The summed E-state index contributed by atoms with van der Waals surface area (Å²) in [4.78, 5) is 2.54. The quantitative estimate of drug-likeness (QED) is 0.461. The van der Waals surface area contributed by atoms with Crippen LogP contribution in [-0.2, 0) is 4.74 Å². The molecule has 4 rings (SSSR count). The molecule has 30 heavy (non-hydrogen) atoms. The van der Waals surface area contributed by atoms with Crippen LogP contribution in [0.1, 0.15) is 60.0 Å². The monoisotopic (exact) mass is 413 g/mol. The van der Waals surface area contributed by atoms with Crippen molar-refractivity contribution in [2.45, 2.75) is 51.6 Å². The highest BCUT2D eigenvalue weighted by molar-refractivity contribution is 5.39. The number of ether oxygens (including phenoxy) is 1. The van der Waals surface area contributed by atoms with Gasteiger partial charge in [-0.2, -0.15) is 0 Å². The number of methoxy groups -OCH3 is 1. The summed E-state index contributed by atoms with van der Waals surface area (Å²) >= 11 is 0. The summed E-state index contributed by atoms with van der Waals surface area (Å²) in [7, 11) is 1.57. The van der Waals surface area contributed by atoms with Gasteiger partial charge in [0.2, 0.25) is 0 Å². The molecule has 0 heterocycles. The standard InChI is InChI=1S/C26H33F2NO/c1-17-6-4-7-18(2)24(17)21(16-29(14-19-10-11-19)15-20-12-13-20)26(30-3)25-22(27)8-5-9-23(25)28/h4-9,19-21,26H,10-16H2,1-3H3. The Balaban J connectivity index is 1.73. The third-order valence-electron chi connectivity index (χ3n) is 6.70. The van der Waals surface area contributed by atoms with Gasteiger partial charge in [-0.1, -0.05) is 24.3 Å². The normalized spacial score (nSPS) is 18.6. The maximum Gasteiger partial charge on any atom is 0.131 e. The number of rotatable bonds is 10. The Hall–Kier alpha value is -1.78. The Labute approximate surface area is 179 Å². The molecule has 2 atom stereocenters. The first kappa shape index (κ1) is 21.5. The first-order valence-corrected chi connectivity index (χ1v) is 11.2. The molecule has 2 nitrogen and oxygen atoms in total. The maximum atomic E-state index is 14.8. The van der Waals surface area contributed by atoms with Gasteiger partial charge >= 0.3 is 0 Å². The molecule has 0 radical (unpaired) electrons. The van der Waals surface area contributed by atoms with Crippen LogP contribution in [0.5, 0.6) is 0 Å². The number of halogens is 2. The van der Waals surface area contributed by atoms with Crippen LogP contribution in [-0.4, -0.2) is 31.6 Å². The maximum absolute atomic E-state index is 14.8. The smallest absolute Gasteiger partial charge is 0.131 e. The Bertz CT molecular complexity index is 821. The van der Waals surface area contributed by atoms with Gasteiger partial charge in [-0.3, -0.25) is 0 Å².